The number of benzene rings is 2. The molecule has 0 bridgehead atoms. The van der Waals surface area contributed by atoms with Crippen LogP contribution in [0.5, 0.6) is 0 Å². The SMILES string of the molecule is COC(=O)c1ccc(COP(OCc2ccc(C(=O)OC)cc2)N(C(C)C)C(C)C)cc1. The molecule has 8 heteroatoms. The maximum absolute atomic E-state index is 11.6. The van der Waals surface area contributed by atoms with E-state index in [1.807, 2.05) is 24.3 Å². The van der Waals surface area contributed by atoms with E-state index in [2.05, 4.69) is 32.4 Å². The van der Waals surface area contributed by atoms with E-state index in [0.717, 1.165) is 11.1 Å². The Morgan fingerprint density at radius 3 is 1.34 bits per heavy atom. The van der Waals surface area contributed by atoms with E-state index in [1.165, 1.54) is 14.2 Å². The van der Waals surface area contributed by atoms with Crippen molar-refractivity contribution < 1.29 is 28.1 Å². The molecule has 2 aromatic carbocycles. The summed E-state index contributed by atoms with van der Waals surface area (Å²) in [6.45, 7) is 9.14. The smallest absolute Gasteiger partial charge is 0.337 e. The van der Waals surface area contributed by atoms with E-state index in [1.54, 1.807) is 24.3 Å². The zero-order chi connectivity index (χ0) is 23.7. The molecule has 0 saturated heterocycles. The van der Waals surface area contributed by atoms with Gasteiger partial charge in [-0.05, 0) is 63.1 Å². The highest BCUT2D eigenvalue weighted by atomic mass is 31.2. The fourth-order valence-corrected chi connectivity index (χ4v) is 4.73. The number of carbonyl (C=O) groups excluding carboxylic acids is 2. The maximum atomic E-state index is 11.6. The normalized spacial score (nSPS) is 11.4. The third kappa shape index (κ3) is 7.38. The van der Waals surface area contributed by atoms with Crippen LogP contribution in [0.25, 0.3) is 0 Å². The molecule has 174 valence electrons. The molecular formula is C24H32NO6P. The summed E-state index contributed by atoms with van der Waals surface area (Å²) in [5, 5.41) is 0. The number of nitrogens with zero attached hydrogens (tertiary/aromatic N) is 1. The van der Waals surface area contributed by atoms with Crippen LogP contribution in [-0.4, -0.2) is 42.9 Å². The first kappa shape index (κ1) is 25.9. The number of rotatable bonds is 11. The lowest BCUT2D eigenvalue weighted by Gasteiger charge is -2.35. The summed E-state index contributed by atoms with van der Waals surface area (Å²) in [6.07, 6.45) is 0. The highest BCUT2D eigenvalue weighted by Crippen LogP contribution is 2.47. The molecule has 0 aromatic heterocycles. The number of methoxy groups -OCH3 is 2. The molecular weight excluding hydrogens is 429 g/mol. The summed E-state index contributed by atoms with van der Waals surface area (Å²) < 4.78 is 24.1. The van der Waals surface area contributed by atoms with E-state index in [0.29, 0.717) is 24.3 Å². The van der Waals surface area contributed by atoms with E-state index < -0.39 is 8.53 Å². The predicted molar refractivity (Wildman–Crippen MR) is 124 cm³/mol. The van der Waals surface area contributed by atoms with Crippen molar-refractivity contribution in [2.75, 3.05) is 14.2 Å². The fourth-order valence-electron chi connectivity index (χ4n) is 3.11. The van der Waals surface area contributed by atoms with E-state index in [9.17, 15) is 9.59 Å². The summed E-state index contributed by atoms with van der Waals surface area (Å²) in [6, 6.07) is 14.7. The second-order valence-corrected chi connectivity index (χ2v) is 9.18. The minimum Gasteiger partial charge on any atom is -0.465 e. The monoisotopic (exact) mass is 461 g/mol. The molecule has 0 radical (unpaired) electrons. The molecule has 0 unspecified atom stereocenters. The van der Waals surface area contributed by atoms with Gasteiger partial charge in [0.25, 0.3) is 8.53 Å². The van der Waals surface area contributed by atoms with Crippen LogP contribution in [0.1, 0.15) is 59.5 Å². The highest BCUT2D eigenvalue weighted by molar-refractivity contribution is 7.44. The maximum Gasteiger partial charge on any atom is 0.337 e. The molecule has 0 aliphatic heterocycles. The highest BCUT2D eigenvalue weighted by Gasteiger charge is 2.27. The molecule has 2 rings (SSSR count). The Balaban J connectivity index is 2.08. The van der Waals surface area contributed by atoms with Gasteiger partial charge in [0.1, 0.15) is 0 Å². The third-order valence-corrected chi connectivity index (χ3v) is 6.68. The van der Waals surface area contributed by atoms with E-state index in [4.69, 9.17) is 18.5 Å². The van der Waals surface area contributed by atoms with Crippen LogP contribution < -0.4 is 0 Å². The van der Waals surface area contributed by atoms with Crippen LogP contribution in [0.15, 0.2) is 48.5 Å². The summed E-state index contributed by atoms with van der Waals surface area (Å²) in [5.74, 6) is -0.737. The Bertz CT molecular complexity index is 796. The van der Waals surface area contributed by atoms with Crippen molar-refractivity contribution >= 4 is 20.5 Å². The quantitative estimate of drug-likeness (QED) is 0.330. The first-order valence-corrected chi connectivity index (χ1v) is 11.6. The largest absolute Gasteiger partial charge is 0.465 e. The van der Waals surface area contributed by atoms with Crippen LogP contribution in [0.3, 0.4) is 0 Å². The number of ether oxygens (including phenoxy) is 2. The summed E-state index contributed by atoms with van der Waals surface area (Å²) in [5.41, 5.74) is 2.86. The molecule has 7 nitrogen and oxygen atoms in total. The van der Waals surface area contributed by atoms with Crippen molar-refractivity contribution in [1.82, 2.24) is 4.67 Å². The molecule has 2 aromatic rings. The summed E-state index contributed by atoms with van der Waals surface area (Å²) in [4.78, 5) is 23.2. The molecule has 0 saturated carbocycles. The van der Waals surface area contributed by atoms with E-state index in [-0.39, 0.29) is 24.0 Å². The third-order valence-electron chi connectivity index (χ3n) is 4.68. The molecule has 0 aliphatic carbocycles. The van der Waals surface area contributed by atoms with Crippen molar-refractivity contribution in [3.05, 3.63) is 70.8 Å². The molecule has 0 atom stereocenters. The lowest BCUT2D eigenvalue weighted by atomic mass is 10.1. The first-order valence-electron chi connectivity index (χ1n) is 10.5. The van der Waals surface area contributed by atoms with E-state index >= 15 is 0 Å². The number of esters is 2. The van der Waals surface area contributed by atoms with Gasteiger partial charge in [0.15, 0.2) is 0 Å². The molecule has 32 heavy (non-hydrogen) atoms. The van der Waals surface area contributed by atoms with Crippen molar-refractivity contribution in [2.24, 2.45) is 0 Å². The van der Waals surface area contributed by atoms with Gasteiger partial charge in [0.05, 0.1) is 38.6 Å². The molecule has 0 fully saturated rings. The Kier molecular flexibility index (Phi) is 10.3. The van der Waals surface area contributed by atoms with Gasteiger partial charge >= 0.3 is 11.9 Å². The molecule has 0 heterocycles. The Morgan fingerprint density at radius 2 is 1.06 bits per heavy atom. The van der Waals surface area contributed by atoms with Crippen LogP contribution >= 0.6 is 8.53 Å². The van der Waals surface area contributed by atoms with Crippen LogP contribution in [0.2, 0.25) is 0 Å². The molecule has 0 aliphatic rings. The zero-order valence-electron chi connectivity index (χ0n) is 19.5. The van der Waals surface area contributed by atoms with Gasteiger partial charge in [-0.15, -0.1) is 0 Å². The van der Waals surface area contributed by atoms with Gasteiger partial charge in [0.2, 0.25) is 0 Å². The van der Waals surface area contributed by atoms with Crippen molar-refractivity contribution in [2.45, 2.75) is 53.0 Å². The lowest BCUT2D eigenvalue weighted by molar-refractivity contribution is 0.0592. The Morgan fingerprint density at radius 1 is 0.719 bits per heavy atom. The van der Waals surface area contributed by atoms with Gasteiger partial charge in [0, 0.05) is 12.1 Å². The van der Waals surface area contributed by atoms with Crippen molar-refractivity contribution in [1.29, 1.82) is 0 Å². The van der Waals surface area contributed by atoms with Gasteiger partial charge in [-0.2, -0.15) is 0 Å². The van der Waals surface area contributed by atoms with Gasteiger partial charge < -0.3 is 18.5 Å². The Labute approximate surface area is 191 Å². The summed E-state index contributed by atoms with van der Waals surface area (Å²) >= 11 is 0. The van der Waals surface area contributed by atoms with Crippen molar-refractivity contribution in [3.63, 3.8) is 0 Å². The topological polar surface area (TPSA) is 74.3 Å². The molecule has 0 amide bonds. The average molecular weight is 461 g/mol. The van der Waals surface area contributed by atoms with Gasteiger partial charge in [-0.3, -0.25) is 0 Å². The fraction of sp³-hybridized carbons (Fsp3) is 0.417. The first-order chi connectivity index (χ1) is 15.3. The number of carbonyl (C=O) groups is 2. The standard InChI is InChI=1S/C24H32NO6P/c1-17(2)25(18(3)4)32(30-15-19-7-11-21(12-8-19)23(26)28-5)31-16-20-9-13-22(14-10-20)24(27)29-6/h7-14,17-18H,15-16H2,1-6H3. The van der Waals surface area contributed by atoms with Crippen LogP contribution in [-0.2, 0) is 31.7 Å². The average Bonchev–Trinajstić information content (AvgIpc) is 2.79. The van der Waals surface area contributed by atoms with Crippen LogP contribution in [0, 0.1) is 0 Å². The summed E-state index contributed by atoms with van der Waals surface area (Å²) in [7, 11) is 1.37. The minimum atomic E-state index is -1.35. The molecule has 0 spiro atoms. The molecule has 0 N–H and O–H groups in total. The zero-order valence-corrected chi connectivity index (χ0v) is 20.4. The van der Waals surface area contributed by atoms with Gasteiger partial charge in [-0.25, -0.2) is 14.3 Å². The number of hydrogen-bond acceptors (Lipinski definition) is 7. The second kappa shape index (κ2) is 12.7. The minimum absolute atomic E-state index is 0.226. The lowest BCUT2D eigenvalue weighted by Crippen LogP contribution is -2.33. The second-order valence-electron chi connectivity index (χ2n) is 7.73. The predicted octanol–water partition coefficient (Wildman–Crippen LogP) is 5.34. The number of hydrogen-bond donors (Lipinski definition) is 0. The van der Waals surface area contributed by atoms with Gasteiger partial charge in [-0.1, -0.05) is 24.3 Å². The van der Waals surface area contributed by atoms with Crippen LogP contribution in [0.4, 0.5) is 0 Å². The van der Waals surface area contributed by atoms with Crippen molar-refractivity contribution in [3.8, 4) is 0 Å². The Hall–Kier alpha value is -2.31.